The van der Waals surface area contributed by atoms with Gasteiger partial charge < -0.3 is 10.6 Å². The first kappa shape index (κ1) is 17.5. The zero-order chi connectivity index (χ0) is 12.7. The van der Waals surface area contributed by atoms with Gasteiger partial charge in [0.15, 0.2) is 0 Å². The molecule has 1 rings (SSSR count). The van der Waals surface area contributed by atoms with Gasteiger partial charge in [-0.05, 0) is 37.7 Å². The van der Waals surface area contributed by atoms with E-state index in [1.807, 2.05) is 7.05 Å². The van der Waals surface area contributed by atoms with E-state index < -0.39 is 0 Å². The van der Waals surface area contributed by atoms with Gasteiger partial charge in [-0.1, -0.05) is 29.3 Å². The number of hydrogen-bond acceptors (Lipinski definition) is 2. The first-order valence-electron chi connectivity index (χ1n) is 5.49. The van der Waals surface area contributed by atoms with E-state index in [1.54, 1.807) is 18.2 Å². The molecule has 0 spiro atoms. The lowest BCUT2D eigenvalue weighted by molar-refractivity contribution is -0.120. The highest BCUT2D eigenvalue weighted by atomic mass is 35.5. The number of hydrogen-bond donors (Lipinski definition) is 2. The van der Waals surface area contributed by atoms with Gasteiger partial charge in [0.05, 0.1) is 6.42 Å². The van der Waals surface area contributed by atoms with E-state index in [4.69, 9.17) is 23.2 Å². The fraction of sp³-hybridized carbons (Fsp3) is 0.417. The summed E-state index contributed by atoms with van der Waals surface area (Å²) in [6, 6.07) is 5.23. The van der Waals surface area contributed by atoms with Gasteiger partial charge >= 0.3 is 0 Å². The maximum absolute atomic E-state index is 11.6. The summed E-state index contributed by atoms with van der Waals surface area (Å²) >= 11 is 12.0. The van der Waals surface area contributed by atoms with Crippen LogP contribution in [0.1, 0.15) is 12.0 Å². The molecular weight excluding hydrogens is 295 g/mol. The second-order valence-electron chi connectivity index (χ2n) is 3.68. The summed E-state index contributed by atoms with van der Waals surface area (Å²) < 4.78 is 0. The van der Waals surface area contributed by atoms with E-state index in [0.29, 0.717) is 22.2 Å². The molecule has 0 saturated carbocycles. The summed E-state index contributed by atoms with van der Waals surface area (Å²) in [6.07, 6.45) is 1.12. The molecule has 0 heterocycles. The smallest absolute Gasteiger partial charge is 0.224 e. The van der Waals surface area contributed by atoms with Crippen molar-refractivity contribution >= 4 is 41.5 Å². The van der Waals surface area contributed by atoms with Crippen LogP contribution in [0.5, 0.6) is 0 Å². The lowest BCUT2D eigenvalue weighted by atomic mass is 10.1. The van der Waals surface area contributed by atoms with Gasteiger partial charge in [0, 0.05) is 16.6 Å². The average Bonchev–Trinajstić information content (AvgIpc) is 2.30. The highest BCUT2D eigenvalue weighted by molar-refractivity contribution is 6.36. The van der Waals surface area contributed by atoms with E-state index in [-0.39, 0.29) is 24.7 Å². The van der Waals surface area contributed by atoms with Crippen molar-refractivity contribution in [2.75, 3.05) is 20.1 Å². The van der Waals surface area contributed by atoms with Crippen molar-refractivity contribution in [2.24, 2.45) is 0 Å². The number of amides is 1. The summed E-state index contributed by atoms with van der Waals surface area (Å²) in [7, 11) is 1.88. The topological polar surface area (TPSA) is 41.1 Å². The number of nitrogens with one attached hydrogen (secondary N) is 2. The van der Waals surface area contributed by atoms with Crippen LogP contribution in [0.4, 0.5) is 0 Å². The molecule has 0 saturated heterocycles. The van der Waals surface area contributed by atoms with E-state index >= 15 is 0 Å². The van der Waals surface area contributed by atoms with Crippen molar-refractivity contribution in [3.8, 4) is 0 Å². The first-order chi connectivity index (χ1) is 8.15. The van der Waals surface area contributed by atoms with Crippen LogP contribution in [0.2, 0.25) is 10.0 Å². The molecule has 0 atom stereocenters. The van der Waals surface area contributed by atoms with Crippen molar-refractivity contribution in [1.82, 2.24) is 10.6 Å². The predicted molar refractivity (Wildman–Crippen MR) is 79.0 cm³/mol. The summed E-state index contributed by atoms with van der Waals surface area (Å²) in [4.78, 5) is 11.6. The fourth-order valence-electron chi connectivity index (χ4n) is 1.42. The van der Waals surface area contributed by atoms with Gasteiger partial charge in [-0.3, -0.25) is 4.79 Å². The summed E-state index contributed by atoms with van der Waals surface area (Å²) in [5.41, 5.74) is 0.682. The van der Waals surface area contributed by atoms with Crippen LogP contribution in [-0.4, -0.2) is 26.0 Å². The Labute approximate surface area is 124 Å². The molecule has 2 N–H and O–H groups in total. The monoisotopic (exact) mass is 310 g/mol. The number of rotatable bonds is 6. The Bertz CT molecular complexity index is 365. The van der Waals surface area contributed by atoms with Crippen LogP contribution in [0, 0.1) is 0 Å². The molecule has 0 fully saturated rings. The number of carbonyl (C=O) groups is 1. The molecule has 0 aromatic heterocycles. The van der Waals surface area contributed by atoms with Crippen LogP contribution in [0.25, 0.3) is 0 Å². The van der Waals surface area contributed by atoms with Crippen LogP contribution in [-0.2, 0) is 11.2 Å². The minimum absolute atomic E-state index is 0. The SMILES string of the molecule is CNCCCNC(=O)Cc1c(Cl)cccc1Cl.Cl. The molecule has 0 aliphatic heterocycles. The van der Waals surface area contributed by atoms with Crippen molar-refractivity contribution in [2.45, 2.75) is 12.8 Å². The quantitative estimate of drug-likeness (QED) is 0.793. The molecule has 0 unspecified atom stereocenters. The van der Waals surface area contributed by atoms with Gasteiger partial charge in [0.2, 0.25) is 5.91 Å². The Kier molecular flexibility index (Phi) is 9.20. The van der Waals surface area contributed by atoms with Crippen molar-refractivity contribution in [1.29, 1.82) is 0 Å². The van der Waals surface area contributed by atoms with Crippen LogP contribution in [0.3, 0.4) is 0 Å². The van der Waals surface area contributed by atoms with Gasteiger partial charge in [-0.2, -0.15) is 0 Å². The Balaban J connectivity index is 0.00000289. The predicted octanol–water partition coefficient (Wildman–Crippen LogP) is 2.68. The highest BCUT2D eigenvalue weighted by Crippen LogP contribution is 2.24. The van der Waals surface area contributed by atoms with Gasteiger partial charge in [0.25, 0.3) is 0 Å². The first-order valence-corrected chi connectivity index (χ1v) is 6.25. The number of halogens is 3. The van der Waals surface area contributed by atoms with E-state index in [0.717, 1.165) is 13.0 Å². The molecular formula is C12H17Cl3N2O. The Morgan fingerprint density at radius 1 is 1.22 bits per heavy atom. The number of carbonyl (C=O) groups excluding carboxylic acids is 1. The standard InChI is InChI=1S/C12H16Cl2N2O.ClH/c1-15-6-3-7-16-12(17)8-9-10(13)4-2-5-11(9)14;/h2,4-5,15H,3,6-8H2,1H3,(H,16,17);1H. The maximum Gasteiger partial charge on any atom is 0.224 e. The molecule has 0 radical (unpaired) electrons. The average molecular weight is 312 g/mol. The molecule has 3 nitrogen and oxygen atoms in total. The molecule has 0 bridgehead atoms. The van der Waals surface area contributed by atoms with Gasteiger partial charge in [-0.15, -0.1) is 12.4 Å². The van der Waals surface area contributed by atoms with Gasteiger partial charge in [-0.25, -0.2) is 0 Å². The van der Waals surface area contributed by atoms with E-state index in [1.165, 1.54) is 0 Å². The second kappa shape index (κ2) is 9.45. The van der Waals surface area contributed by atoms with Crippen molar-refractivity contribution in [3.63, 3.8) is 0 Å². The lowest BCUT2D eigenvalue weighted by Crippen LogP contribution is -2.28. The third kappa shape index (κ3) is 5.91. The third-order valence-electron chi connectivity index (χ3n) is 2.32. The van der Waals surface area contributed by atoms with E-state index in [9.17, 15) is 4.79 Å². The van der Waals surface area contributed by atoms with Crippen LogP contribution < -0.4 is 10.6 Å². The lowest BCUT2D eigenvalue weighted by Gasteiger charge is -2.08. The maximum atomic E-state index is 11.6. The summed E-state index contributed by atoms with van der Waals surface area (Å²) in [5, 5.41) is 6.90. The normalized spacial score (nSPS) is 9.72. The summed E-state index contributed by atoms with van der Waals surface area (Å²) in [5.74, 6) is -0.0592. The minimum Gasteiger partial charge on any atom is -0.356 e. The number of benzene rings is 1. The Hall–Kier alpha value is -0.480. The fourth-order valence-corrected chi connectivity index (χ4v) is 1.95. The van der Waals surface area contributed by atoms with Crippen LogP contribution >= 0.6 is 35.6 Å². The molecule has 0 aliphatic rings. The van der Waals surface area contributed by atoms with E-state index in [2.05, 4.69) is 10.6 Å². The third-order valence-corrected chi connectivity index (χ3v) is 3.03. The largest absolute Gasteiger partial charge is 0.356 e. The van der Waals surface area contributed by atoms with Crippen LogP contribution in [0.15, 0.2) is 18.2 Å². The van der Waals surface area contributed by atoms with Gasteiger partial charge in [0.1, 0.15) is 0 Å². The second-order valence-corrected chi connectivity index (χ2v) is 4.50. The molecule has 1 amide bonds. The summed E-state index contributed by atoms with van der Waals surface area (Å²) in [6.45, 7) is 1.54. The molecule has 1 aromatic carbocycles. The molecule has 1 aromatic rings. The highest BCUT2D eigenvalue weighted by Gasteiger charge is 2.09. The molecule has 6 heteroatoms. The zero-order valence-corrected chi connectivity index (χ0v) is 12.5. The minimum atomic E-state index is -0.0592. The van der Waals surface area contributed by atoms with Crippen molar-refractivity contribution in [3.05, 3.63) is 33.8 Å². The molecule has 102 valence electrons. The molecule has 0 aliphatic carbocycles. The molecule has 18 heavy (non-hydrogen) atoms. The Morgan fingerprint density at radius 3 is 2.39 bits per heavy atom. The Morgan fingerprint density at radius 2 is 1.83 bits per heavy atom. The van der Waals surface area contributed by atoms with Crippen molar-refractivity contribution < 1.29 is 4.79 Å². The zero-order valence-electron chi connectivity index (χ0n) is 10.1.